The summed E-state index contributed by atoms with van der Waals surface area (Å²) in [6.07, 6.45) is 4.07. The second kappa shape index (κ2) is 7.33. The molecule has 0 aliphatic rings. The van der Waals surface area contributed by atoms with E-state index in [0.717, 1.165) is 27.9 Å². The topological polar surface area (TPSA) is 64.7 Å². The van der Waals surface area contributed by atoms with E-state index in [0.29, 0.717) is 12.1 Å². The molecule has 0 atom stereocenters. The molecule has 0 bridgehead atoms. The molecular weight excluding hydrogens is 339 g/mol. The highest BCUT2D eigenvalue weighted by Gasteiger charge is 2.17. The summed E-state index contributed by atoms with van der Waals surface area (Å²) in [6, 6.07) is 20.1. The smallest absolute Gasteiger partial charge is 0.221 e. The molecule has 4 rings (SSSR count). The molecule has 132 valence electrons. The summed E-state index contributed by atoms with van der Waals surface area (Å²) in [5, 5.41) is 0. The highest BCUT2D eigenvalue weighted by atomic mass is 19.1. The molecule has 0 fully saturated rings. The van der Waals surface area contributed by atoms with Gasteiger partial charge in [-0.15, -0.1) is 0 Å². The highest BCUT2D eigenvalue weighted by molar-refractivity contribution is 5.75. The minimum absolute atomic E-state index is 0.179. The number of pyridine rings is 1. The first-order chi connectivity index (χ1) is 13.2. The molecule has 2 heterocycles. The predicted molar refractivity (Wildman–Crippen MR) is 104 cm³/mol. The Balaban J connectivity index is 1.94. The quantitative estimate of drug-likeness (QED) is 0.584. The molecule has 5 heteroatoms. The molecule has 4 aromatic rings. The van der Waals surface area contributed by atoms with Crippen LogP contribution in [0.25, 0.3) is 22.5 Å². The Morgan fingerprint density at radius 2 is 1.33 bits per heavy atom. The van der Waals surface area contributed by atoms with E-state index in [1.54, 1.807) is 24.5 Å². The maximum Gasteiger partial charge on any atom is 0.221 e. The van der Waals surface area contributed by atoms with Crippen LogP contribution in [0.5, 0.6) is 0 Å². The van der Waals surface area contributed by atoms with Crippen LogP contribution in [0, 0.1) is 5.82 Å². The van der Waals surface area contributed by atoms with Crippen LogP contribution >= 0.6 is 0 Å². The van der Waals surface area contributed by atoms with Gasteiger partial charge in [-0.3, -0.25) is 4.98 Å². The normalized spacial score (nSPS) is 10.7. The molecule has 2 aromatic heterocycles. The average molecular weight is 356 g/mol. The van der Waals surface area contributed by atoms with Gasteiger partial charge in [-0.05, 0) is 42.0 Å². The van der Waals surface area contributed by atoms with E-state index < -0.39 is 0 Å². The summed E-state index contributed by atoms with van der Waals surface area (Å²) in [5.74, 6) is -0.113. The second-order valence-electron chi connectivity index (χ2n) is 6.16. The summed E-state index contributed by atoms with van der Waals surface area (Å²) in [7, 11) is 0. The summed E-state index contributed by atoms with van der Waals surface area (Å²) in [4.78, 5) is 13.1. The van der Waals surface area contributed by atoms with Gasteiger partial charge in [0, 0.05) is 35.5 Å². The summed E-state index contributed by atoms with van der Waals surface area (Å²) in [5.41, 5.74) is 11.3. The fraction of sp³-hybridized carbons (Fsp3) is 0.0455. The number of rotatable bonds is 4. The molecule has 0 saturated heterocycles. The summed E-state index contributed by atoms with van der Waals surface area (Å²) < 4.78 is 13.4. The number of aromatic nitrogens is 3. The molecule has 4 nitrogen and oxygen atoms in total. The molecule has 2 aromatic carbocycles. The van der Waals surface area contributed by atoms with Crippen molar-refractivity contribution < 1.29 is 4.39 Å². The van der Waals surface area contributed by atoms with Crippen molar-refractivity contribution in [1.29, 1.82) is 0 Å². The lowest BCUT2D eigenvalue weighted by molar-refractivity contribution is 0.628. The number of nitrogens with two attached hydrogens (primary N) is 1. The van der Waals surface area contributed by atoms with Crippen LogP contribution in [0.1, 0.15) is 11.1 Å². The highest BCUT2D eigenvalue weighted by Crippen LogP contribution is 2.32. The lowest BCUT2D eigenvalue weighted by Crippen LogP contribution is -2.06. The standard InChI is InChI=1S/C22H17FN4/c23-18-8-6-16(7-9-18)20-19(14-15-4-2-1-3-5-15)21(27-22(24)26-20)17-10-12-25-13-11-17/h1-13H,14H2,(H2,24,26,27). The number of nitrogen functional groups attached to an aromatic ring is 1. The lowest BCUT2D eigenvalue weighted by atomic mass is 9.95. The van der Waals surface area contributed by atoms with Crippen molar-refractivity contribution >= 4 is 5.95 Å². The zero-order valence-corrected chi connectivity index (χ0v) is 14.5. The minimum Gasteiger partial charge on any atom is -0.368 e. The average Bonchev–Trinajstić information content (AvgIpc) is 2.71. The first-order valence-corrected chi connectivity index (χ1v) is 8.57. The molecule has 0 amide bonds. The van der Waals surface area contributed by atoms with Gasteiger partial charge in [-0.25, -0.2) is 14.4 Å². The van der Waals surface area contributed by atoms with Gasteiger partial charge in [0.1, 0.15) is 5.82 Å². The minimum atomic E-state index is -0.292. The van der Waals surface area contributed by atoms with Crippen molar-refractivity contribution in [2.24, 2.45) is 0 Å². The van der Waals surface area contributed by atoms with Crippen LogP contribution in [0.15, 0.2) is 79.1 Å². The molecule has 2 N–H and O–H groups in total. The number of hydrogen-bond acceptors (Lipinski definition) is 4. The third-order valence-corrected chi connectivity index (χ3v) is 4.32. The van der Waals surface area contributed by atoms with Gasteiger partial charge in [-0.2, -0.15) is 0 Å². The number of anilines is 1. The summed E-state index contributed by atoms with van der Waals surface area (Å²) in [6.45, 7) is 0. The molecular formula is C22H17FN4. The van der Waals surface area contributed by atoms with E-state index in [-0.39, 0.29) is 11.8 Å². The van der Waals surface area contributed by atoms with Crippen LogP contribution in [-0.2, 0) is 6.42 Å². The third-order valence-electron chi connectivity index (χ3n) is 4.32. The maximum atomic E-state index is 13.4. The molecule has 0 aliphatic carbocycles. The van der Waals surface area contributed by atoms with Gasteiger partial charge in [0.2, 0.25) is 5.95 Å². The van der Waals surface area contributed by atoms with Crippen molar-refractivity contribution in [3.05, 3.63) is 96.1 Å². The van der Waals surface area contributed by atoms with E-state index in [2.05, 4.69) is 27.1 Å². The number of nitrogens with zero attached hydrogens (tertiary/aromatic N) is 3. The van der Waals surface area contributed by atoms with Gasteiger partial charge in [-0.1, -0.05) is 30.3 Å². The van der Waals surface area contributed by atoms with Crippen LogP contribution in [-0.4, -0.2) is 15.0 Å². The van der Waals surface area contributed by atoms with Crippen molar-refractivity contribution in [2.75, 3.05) is 5.73 Å². The third kappa shape index (κ3) is 3.67. The van der Waals surface area contributed by atoms with Gasteiger partial charge >= 0.3 is 0 Å². The number of hydrogen-bond donors (Lipinski definition) is 1. The number of benzene rings is 2. The van der Waals surface area contributed by atoms with Gasteiger partial charge < -0.3 is 5.73 Å². The molecule has 27 heavy (non-hydrogen) atoms. The molecule has 0 radical (unpaired) electrons. The van der Waals surface area contributed by atoms with Gasteiger partial charge in [0.15, 0.2) is 0 Å². The molecule has 0 unspecified atom stereocenters. The maximum absolute atomic E-state index is 13.4. The van der Waals surface area contributed by atoms with Crippen LogP contribution in [0.3, 0.4) is 0 Å². The number of halogens is 1. The zero-order valence-electron chi connectivity index (χ0n) is 14.5. The molecule has 0 saturated carbocycles. The van der Waals surface area contributed by atoms with E-state index in [9.17, 15) is 4.39 Å². The molecule has 0 aliphatic heterocycles. The largest absolute Gasteiger partial charge is 0.368 e. The fourth-order valence-corrected chi connectivity index (χ4v) is 3.06. The first-order valence-electron chi connectivity index (χ1n) is 8.57. The van der Waals surface area contributed by atoms with Gasteiger partial charge in [0.05, 0.1) is 11.4 Å². The van der Waals surface area contributed by atoms with Crippen LogP contribution < -0.4 is 5.73 Å². The van der Waals surface area contributed by atoms with Gasteiger partial charge in [0.25, 0.3) is 0 Å². The predicted octanol–water partition coefficient (Wildman–Crippen LogP) is 4.52. The Bertz CT molecular complexity index is 1050. The van der Waals surface area contributed by atoms with E-state index in [1.165, 1.54) is 12.1 Å². The monoisotopic (exact) mass is 356 g/mol. The van der Waals surface area contributed by atoms with E-state index in [4.69, 9.17) is 5.73 Å². The zero-order chi connectivity index (χ0) is 18.6. The van der Waals surface area contributed by atoms with Crippen molar-refractivity contribution in [3.8, 4) is 22.5 Å². The lowest BCUT2D eigenvalue weighted by Gasteiger charge is -2.15. The van der Waals surface area contributed by atoms with Crippen LogP contribution in [0.2, 0.25) is 0 Å². The fourth-order valence-electron chi connectivity index (χ4n) is 3.06. The Labute approximate surface area is 156 Å². The van der Waals surface area contributed by atoms with Crippen molar-refractivity contribution in [2.45, 2.75) is 6.42 Å². The second-order valence-corrected chi connectivity index (χ2v) is 6.16. The molecule has 0 spiro atoms. The summed E-state index contributed by atoms with van der Waals surface area (Å²) >= 11 is 0. The SMILES string of the molecule is Nc1nc(-c2ccncc2)c(Cc2ccccc2)c(-c2ccc(F)cc2)n1. The Kier molecular flexibility index (Phi) is 4.58. The Hall–Kier alpha value is -3.60. The Morgan fingerprint density at radius 3 is 1.96 bits per heavy atom. The van der Waals surface area contributed by atoms with E-state index >= 15 is 0 Å². The van der Waals surface area contributed by atoms with Crippen molar-refractivity contribution in [3.63, 3.8) is 0 Å². The van der Waals surface area contributed by atoms with E-state index in [1.807, 2.05) is 30.3 Å². The van der Waals surface area contributed by atoms with Crippen LogP contribution in [0.4, 0.5) is 10.3 Å². The first kappa shape index (κ1) is 16.8. The van der Waals surface area contributed by atoms with Crippen molar-refractivity contribution in [1.82, 2.24) is 15.0 Å². The Morgan fingerprint density at radius 1 is 0.741 bits per heavy atom.